The van der Waals surface area contributed by atoms with Gasteiger partial charge in [0.15, 0.2) is 5.82 Å². The molecular weight excluding hydrogens is 340 g/mol. The molecular formula is C20H22N6O. The predicted molar refractivity (Wildman–Crippen MR) is 105 cm³/mol. The minimum absolute atomic E-state index is 0.242. The van der Waals surface area contributed by atoms with E-state index in [1.807, 2.05) is 38.4 Å². The largest absolute Gasteiger partial charge is 0.353 e. The normalized spacial score (nSPS) is 13.8. The molecule has 7 heteroatoms. The molecule has 4 rings (SSSR count). The molecule has 0 aliphatic carbocycles. The van der Waals surface area contributed by atoms with Gasteiger partial charge in [-0.1, -0.05) is 6.07 Å². The van der Waals surface area contributed by atoms with Gasteiger partial charge in [-0.2, -0.15) is 5.10 Å². The molecule has 1 fully saturated rings. The summed E-state index contributed by atoms with van der Waals surface area (Å²) < 4.78 is 1.73. The number of pyridine rings is 2. The SMILES string of the molecule is Cc1ccc(C(=O)Nc2cn(C)nc2N2CCCC2)nc1-c1cccnc1. The molecule has 1 aliphatic heterocycles. The fourth-order valence-electron chi connectivity index (χ4n) is 3.36. The highest BCUT2D eigenvalue weighted by molar-refractivity contribution is 6.04. The van der Waals surface area contributed by atoms with E-state index in [4.69, 9.17) is 0 Å². The Bertz CT molecular complexity index is 960. The lowest BCUT2D eigenvalue weighted by atomic mass is 10.1. The van der Waals surface area contributed by atoms with Crippen LogP contribution in [0.1, 0.15) is 28.9 Å². The summed E-state index contributed by atoms with van der Waals surface area (Å²) in [4.78, 5) is 23.8. The van der Waals surface area contributed by atoms with E-state index in [9.17, 15) is 4.79 Å². The summed E-state index contributed by atoms with van der Waals surface area (Å²) in [6.07, 6.45) is 7.61. The fraction of sp³-hybridized carbons (Fsp3) is 0.300. The molecule has 3 aromatic heterocycles. The molecule has 4 heterocycles. The molecule has 3 aromatic rings. The Morgan fingerprint density at radius 1 is 1.19 bits per heavy atom. The second kappa shape index (κ2) is 7.19. The zero-order chi connectivity index (χ0) is 18.8. The van der Waals surface area contributed by atoms with Crippen molar-refractivity contribution in [2.24, 2.45) is 7.05 Å². The van der Waals surface area contributed by atoms with Crippen LogP contribution in [0.25, 0.3) is 11.3 Å². The summed E-state index contributed by atoms with van der Waals surface area (Å²) in [5, 5.41) is 7.50. The molecule has 0 radical (unpaired) electrons. The van der Waals surface area contributed by atoms with E-state index in [1.165, 1.54) is 0 Å². The Hall–Kier alpha value is -3.22. The van der Waals surface area contributed by atoms with E-state index in [1.54, 1.807) is 23.1 Å². The fourth-order valence-corrected chi connectivity index (χ4v) is 3.36. The molecule has 1 saturated heterocycles. The molecule has 0 aromatic carbocycles. The summed E-state index contributed by atoms with van der Waals surface area (Å²) in [7, 11) is 1.86. The van der Waals surface area contributed by atoms with Crippen LogP contribution in [0.2, 0.25) is 0 Å². The maximum atomic E-state index is 12.8. The summed E-state index contributed by atoms with van der Waals surface area (Å²) in [6.45, 7) is 3.91. The second-order valence-corrected chi connectivity index (χ2v) is 6.79. The number of aryl methyl sites for hydroxylation is 2. The Balaban J connectivity index is 1.61. The molecule has 7 nitrogen and oxygen atoms in total. The molecule has 1 aliphatic rings. The lowest BCUT2D eigenvalue weighted by Crippen LogP contribution is -2.21. The monoisotopic (exact) mass is 362 g/mol. The van der Waals surface area contributed by atoms with E-state index in [0.29, 0.717) is 5.69 Å². The van der Waals surface area contributed by atoms with Crippen molar-refractivity contribution in [3.63, 3.8) is 0 Å². The van der Waals surface area contributed by atoms with Gasteiger partial charge < -0.3 is 10.2 Å². The van der Waals surface area contributed by atoms with Crippen LogP contribution in [-0.2, 0) is 7.05 Å². The van der Waals surface area contributed by atoms with Crippen molar-refractivity contribution in [1.82, 2.24) is 19.7 Å². The van der Waals surface area contributed by atoms with Gasteiger partial charge in [0.1, 0.15) is 11.4 Å². The van der Waals surface area contributed by atoms with Gasteiger partial charge in [0.25, 0.3) is 5.91 Å². The Morgan fingerprint density at radius 3 is 2.74 bits per heavy atom. The van der Waals surface area contributed by atoms with E-state index in [-0.39, 0.29) is 5.91 Å². The molecule has 0 spiro atoms. The summed E-state index contributed by atoms with van der Waals surface area (Å²) in [6, 6.07) is 7.46. The zero-order valence-corrected chi connectivity index (χ0v) is 15.5. The van der Waals surface area contributed by atoms with Crippen LogP contribution < -0.4 is 10.2 Å². The number of hydrogen-bond donors (Lipinski definition) is 1. The number of aromatic nitrogens is 4. The van der Waals surface area contributed by atoms with Crippen molar-refractivity contribution in [1.29, 1.82) is 0 Å². The van der Waals surface area contributed by atoms with E-state index < -0.39 is 0 Å². The molecule has 1 N–H and O–H groups in total. The zero-order valence-electron chi connectivity index (χ0n) is 15.5. The summed E-state index contributed by atoms with van der Waals surface area (Å²) >= 11 is 0. The van der Waals surface area contributed by atoms with Crippen molar-refractivity contribution in [3.8, 4) is 11.3 Å². The number of nitrogens with zero attached hydrogens (tertiary/aromatic N) is 5. The van der Waals surface area contributed by atoms with Crippen LogP contribution in [0.4, 0.5) is 11.5 Å². The van der Waals surface area contributed by atoms with Gasteiger partial charge in [-0.3, -0.25) is 14.5 Å². The quantitative estimate of drug-likeness (QED) is 0.772. The maximum Gasteiger partial charge on any atom is 0.274 e. The average Bonchev–Trinajstić information content (AvgIpc) is 3.32. The first-order valence-electron chi connectivity index (χ1n) is 9.10. The van der Waals surface area contributed by atoms with E-state index in [0.717, 1.165) is 54.3 Å². The molecule has 1 amide bonds. The number of rotatable bonds is 4. The standard InChI is InChI=1S/C20H22N6O/c1-14-7-8-16(22-18(14)15-6-5-9-21-12-15)20(27)23-17-13-25(2)24-19(17)26-10-3-4-11-26/h5-9,12-13H,3-4,10-11H2,1-2H3,(H,23,27). The van der Waals surface area contributed by atoms with Gasteiger partial charge in [-0.25, -0.2) is 4.98 Å². The number of hydrogen-bond acceptors (Lipinski definition) is 5. The number of anilines is 2. The predicted octanol–water partition coefficient (Wildman–Crippen LogP) is 3.04. The van der Waals surface area contributed by atoms with Crippen LogP contribution in [0, 0.1) is 6.92 Å². The van der Waals surface area contributed by atoms with Crippen LogP contribution in [-0.4, -0.2) is 38.7 Å². The molecule has 138 valence electrons. The highest BCUT2D eigenvalue weighted by atomic mass is 16.1. The smallest absolute Gasteiger partial charge is 0.274 e. The molecule has 0 unspecified atom stereocenters. The number of carbonyl (C=O) groups excluding carboxylic acids is 1. The third kappa shape index (κ3) is 3.53. The van der Waals surface area contributed by atoms with Crippen molar-refractivity contribution in [2.45, 2.75) is 19.8 Å². The first-order valence-corrected chi connectivity index (χ1v) is 9.10. The first-order chi connectivity index (χ1) is 13.1. The number of carbonyl (C=O) groups is 1. The number of amides is 1. The second-order valence-electron chi connectivity index (χ2n) is 6.79. The summed E-state index contributed by atoms with van der Waals surface area (Å²) in [5.74, 6) is 0.580. The van der Waals surface area contributed by atoms with Crippen molar-refractivity contribution in [3.05, 3.63) is 54.1 Å². The lowest BCUT2D eigenvalue weighted by molar-refractivity contribution is 0.102. The van der Waals surface area contributed by atoms with E-state index >= 15 is 0 Å². The van der Waals surface area contributed by atoms with E-state index in [2.05, 4.69) is 25.3 Å². The van der Waals surface area contributed by atoms with Gasteiger partial charge >= 0.3 is 0 Å². The van der Waals surface area contributed by atoms with Gasteiger partial charge in [-0.15, -0.1) is 0 Å². The summed E-state index contributed by atoms with van der Waals surface area (Å²) in [5.41, 5.74) is 3.74. The Labute approximate surface area is 158 Å². The molecule has 27 heavy (non-hydrogen) atoms. The van der Waals surface area contributed by atoms with Gasteiger partial charge in [0, 0.05) is 38.1 Å². The molecule has 0 atom stereocenters. The third-order valence-corrected chi connectivity index (χ3v) is 4.73. The highest BCUT2D eigenvalue weighted by Crippen LogP contribution is 2.27. The van der Waals surface area contributed by atoms with Crippen LogP contribution in [0.3, 0.4) is 0 Å². The third-order valence-electron chi connectivity index (χ3n) is 4.73. The molecule has 0 saturated carbocycles. The van der Waals surface area contributed by atoms with Crippen molar-refractivity contribution >= 4 is 17.4 Å². The maximum absolute atomic E-state index is 12.8. The van der Waals surface area contributed by atoms with Crippen LogP contribution in [0.5, 0.6) is 0 Å². The minimum atomic E-state index is -0.242. The average molecular weight is 362 g/mol. The minimum Gasteiger partial charge on any atom is -0.353 e. The first kappa shape index (κ1) is 17.2. The van der Waals surface area contributed by atoms with Gasteiger partial charge in [-0.05, 0) is 43.5 Å². The van der Waals surface area contributed by atoms with Gasteiger partial charge in [0.2, 0.25) is 0 Å². The Morgan fingerprint density at radius 2 is 2.00 bits per heavy atom. The van der Waals surface area contributed by atoms with Crippen LogP contribution in [0.15, 0.2) is 42.9 Å². The topological polar surface area (TPSA) is 75.9 Å². The van der Waals surface area contributed by atoms with Crippen LogP contribution >= 0.6 is 0 Å². The lowest BCUT2D eigenvalue weighted by Gasteiger charge is -2.16. The van der Waals surface area contributed by atoms with Crippen molar-refractivity contribution in [2.75, 3.05) is 23.3 Å². The van der Waals surface area contributed by atoms with Crippen molar-refractivity contribution < 1.29 is 4.79 Å². The molecule has 0 bridgehead atoms. The highest BCUT2D eigenvalue weighted by Gasteiger charge is 2.21. The van der Waals surface area contributed by atoms with Gasteiger partial charge in [0.05, 0.1) is 11.9 Å². The Kier molecular flexibility index (Phi) is 4.58. The number of nitrogens with one attached hydrogen (secondary N) is 1.